The number of halogens is 1. The molecule has 0 bridgehead atoms. The molecule has 0 N–H and O–H groups in total. The van der Waals surface area contributed by atoms with E-state index in [1.54, 1.807) is 0 Å². The van der Waals surface area contributed by atoms with Crippen LogP contribution in [-0.2, 0) is 9.68 Å². The van der Waals surface area contributed by atoms with Gasteiger partial charge in [0.25, 0.3) is 0 Å². The smallest absolute Gasteiger partial charge is 0.0966 e. The topological polar surface area (TPSA) is 21.7 Å². The van der Waals surface area contributed by atoms with Gasteiger partial charge in [0, 0.05) is 6.42 Å². The summed E-state index contributed by atoms with van der Waals surface area (Å²) in [5.41, 5.74) is 0. The van der Waals surface area contributed by atoms with Crippen LogP contribution in [0.3, 0.4) is 0 Å². The van der Waals surface area contributed by atoms with Crippen LogP contribution in [0, 0.1) is 12.3 Å². The van der Waals surface area contributed by atoms with Crippen molar-refractivity contribution in [3.8, 4) is 12.3 Å². The normalized spacial score (nSPS) is 17.9. The van der Waals surface area contributed by atoms with E-state index in [1.807, 2.05) is 0 Å². The predicted molar refractivity (Wildman–Crippen MR) is 47.5 cm³/mol. The third-order valence-electron chi connectivity index (χ3n) is 0.993. The maximum absolute atomic E-state index is 5.02. The summed E-state index contributed by atoms with van der Waals surface area (Å²) in [6.45, 7) is 1.95. The summed E-state index contributed by atoms with van der Waals surface area (Å²) in [7, 11) is 0. The van der Waals surface area contributed by atoms with Crippen molar-refractivity contribution in [2.45, 2.75) is 6.42 Å². The molecule has 1 heterocycles. The molecule has 0 unspecified atom stereocenters. The number of rotatable bonds is 2. The van der Waals surface area contributed by atoms with E-state index >= 15 is 0 Å². The molecule has 10 heavy (non-hydrogen) atoms. The van der Waals surface area contributed by atoms with Crippen molar-refractivity contribution < 1.29 is 9.68 Å². The summed E-state index contributed by atoms with van der Waals surface area (Å²) in [4.78, 5) is 9.94. The Hall–Kier alpha value is 0.170. The molecule has 4 heteroatoms. The Kier molecular flexibility index (Phi) is 6.02. The largest absolute Gasteiger partial charge is 0.272 e. The maximum atomic E-state index is 5.02. The van der Waals surface area contributed by atoms with E-state index in [9.17, 15) is 0 Å². The molecule has 1 aliphatic heterocycles. The lowest BCUT2D eigenvalue weighted by molar-refractivity contribution is -0.297. The van der Waals surface area contributed by atoms with E-state index < -0.39 is 0 Å². The van der Waals surface area contributed by atoms with Gasteiger partial charge in [-0.1, -0.05) is 5.23 Å². The molecule has 58 valence electrons. The monoisotopic (exact) mass is 255 g/mol. The van der Waals surface area contributed by atoms with Gasteiger partial charge in [-0.15, -0.1) is 36.3 Å². The zero-order valence-electron chi connectivity index (χ0n) is 5.58. The summed E-state index contributed by atoms with van der Waals surface area (Å²) in [6.07, 6.45) is 5.69. The fraction of sp³-hybridized carbons (Fsp3) is 0.667. The number of terminal acetylenes is 1. The minimum atomic E-state index is 0. The molecule has 0 aromatic rings. The molecule has 1 aliphatic rings. The average molecular weight is 255 g/mol. The van der Waals surface area contributed by atoms with E-state index in [2.05, 4.69) is 5.92 Å². The highest BCUT2D eigenvalue weighted by molar-refractivity contribution is 14.0. The molecule has 0 atom stereocenters. The first kappa shape index (κ1) is 10.2. The molecule has 0 spiro atoms. The predicted octanol–water partition coefficient (Wildman–Crippen LogP) is 0.806. The third kappa shape index (κ3) is 3.37. The Bertz CT molecular complexity index is 117. The van der Waals surface area contributed by atoms with Crippen molar-refractivity contribution in [3.63, 3.8) is 0 Å². The van der Waals surface area contributed by atoms with Gasteiger partial charge in [0.05, 0.1) is 19.8 Å². The van der Waals surface area contributed by atoms with Gasteiger partial charge in [0.1, 0.15) is 0 Å². The standard InChI is InChI=1S/C6H9NO2.HI/c1-2-3-4-7-8-5-6-9-7;/h1H,3-6H2;1H. The van der Waals surface area contributed by atoms with Gasteiger partial charge < -0.3 is 0 Å². The molecule has 3 nitrogen and oxygen atoms in total. The van der Waals surface area contributed by atoms with Gasteiger partial charge in [-0.2, -0.15) is 0 Å². The summed E-state index contributed by atoms with van der Waals surface area (Å²) in [5.74, 6) is 2.49. The van der Waals surface area contributed by atoms with Crippen LogP contribution in [0.5, 0.6) is 0 Å². The van der Waals surface area contributed by atoms with Crippen LogP contribution in [0.15, 0.2) is 0 Å². The third-order valence-corrected chi connectivity index (χ3v) is 0.993. The Labute approximate surface area is 77.6 Å². The van der Waals surface area contributed by atoms with Gasteiger partial charge in [0.2, 0.25) is 0 Å². The van der Waals surface area contributed by atoms with E-state index in [0.29, 0.717) is 26.2 Å². The zero-order chi connectivity index (χ0) is 6.53. The molecule has 1 saturated heterocycles. The first-order valence-corrected chi connectivity index (χ1v) is 2.90. The lowest BCUT2D eigenvalue weighted by Crippen LogP contribution is -2.16. The van der Waals surface area contributed by atoms with Gasteiger partial charge in [-0.05, 0) is 0 Å². The highest BCUT2D eigenvalue weighted by atomic mass is 127. The Morgan fingerprint density at radius 1 is 1.40 bits per heavy atom. The van der Waals surface area contributed by atoms with Crippen LogP contribution >= 0.6 is 24.0 Å². The fourth-order valence-electron chi connectivity index (χ4n) is 0.600. The van der Waals surface area contributed by atoms with Crippen molar-refractivity contribution in [1.82, 2.24) is 5.23 Å². The minimum Gasteiger partial charge on any atom is -0.272 e. The molecular formula is C6H10INO2. The van der Waals surface area contributed by atoms with Gasteiger partial charge in [0.15, 0.2) is 0 Å². The highest BCUT2D eigenvalue weighted by Crippen LogP contribution is 2.00. The van der Waals surface area contributed by atoms with E-state index in [4.69, 9.17) is 16.1 Å². The molecule has 0 aromatic carbocycles. The fourth-order valence-corrected chi connectivity index (χ4v) is 0.600. The first-order chi connectivity index (χ1) is 4.43. The Morgan fingerprint density at radius 2 is 2.00 bits per heavy atom. The number of hydroxylamine groups is 2. The second-order valence-electron chi connectivity index (χ2n) is 1.68. The van der Waals surface area contributed by atoms with E-state index in [1.165, 1.54) is 5.23 Å². The summed E-state index contributed by atoms with van der Waals surface area (Å²) >= 11 is 0. The lowest BCUT2D eigenvalue weighted by atomic mass is 10.5. The van der Waals surface area contributed by atoms with Crippen molar-refractivity contribution in [1.29, 1.82) is 0 Å². The molecular weight excluding hydrogens is 245 g/mol. The van der Waals surface area contributed by atoms with Crippen LogP contribution in [0.4, 0.5) is 0 Å². The van der Waals surface area contributed by atoms with Gasteiger partial charge >= 0.3 is 0 Å². The summed E-state index contributed by atoms with van der Waals surface area (Å²) in [5, 5.41) is 1.43. The minimum absolute atomic E-state index is 0. The molecule has 1 rings (SSSR count). The van der Waals surface area contributed by atoms with E-state index in [0.717, 1.165) is 0 Å². The molecule has 0 amide bonds. The summed E-state index contributed by atoms with van der Waals surface area (Å²) in [6, 6.07) is 0. The average Bonchev–Trinajstić information content (AvgIpc) is 2.34. The van der Waals surface area contributed by atoms with Crippen molar-refractivity contribution in [2.24, 2.45) is 0 Å². The second-order valence-corrected chi connectivity index (χ2v) is 1.68. The van der Waals surface area contributed by atoms with Crippen molar-refractivity contribution >= 4 is 24.0 Å². The molecule has 0 aliphatic carbocycles. The van der Waals surface area contributed by atoms with Crippen molar-refractivity contribution in [2.75, 3.05) is 19.8 Å². The van der Waals surface area contributed by atoms with Crippen LogP contribution in [0.1, 0.15) is 6.42 Å². The van der Waals surface area contributed by atoms with Crippen LogP contribution in [0.2, 0.25) is 0 Å². The SMILES string of the molecule is C#CCCN1OCCO1.I. The molecule has 0 saturated carbocycles. The first-order valence-electron chi connectivity index (χ1n) is 2.90. The van der Waals surface area contributed by atoms with Gasteiger partial charge in [-0.25, -0.2) is 0 Å². The van der Waals surface area contributed by atoms with Crippen LogP contribution in [0.25, 0.3) is 0 Å². The Morgan fingerprint density at radius 3 is 2.50 bits per heavy atom. The quantitative estimate of drug-likeness (QED) is 0.538. The van der Waals surface area contributed by atoms with Crippen LogP contribution < -0.4 is 0 Å². The number of hydrogen-bond donors (Lipinski definition) is 0. The van der Waals surface area contributed by atoms with Gasteiger partial charge in [-0.3, -0.25) is 9.68 Å². The molecule has 1 fully saturated rings. The van der Waals surface area contributed by atoms with Crippen molar-refractivity contribution in [3.05, 3.63) is 0 Å². The van der Waals surface area contributed by atoms with Crippen LogP contribution in [-0.4, -0.2) is 25.0 Å². The lowest BCUT2D eigenvalue weighted by Gasteiger charge is -2.08. The number of nitrogens with zero attached hydrogens (tertiary/aromatic N) is 1. The zero-order valence-corrected chi connectivity index (χ0v) is 7.91. The number of hydrogen-bond acceptors (Lipinski definition) is 3. The highest BCUT2D eigenvalue weighted by Gasteiger charge is 2.10. The van der Waals surface area contributed by atoms with E-state index in [-0.39, 0.29) is 24.0 Å². The molecule has 0 radical (unpaired) electrons. The molecule has 0 aromatic heterocycles. The second kappa shape index (κ2) is 5.92. The maximum Gasteiger partial charge on any atom is 0.0966 e. The summed E-state index contributed by atoms with van der Waals surface area (Å²) < 4.78 is 0. The Balaban J connectivity index is 0.000000810.